The lowest BCUT2D eigenvalue weighted by Gasteiger charge is -2.34. The topological polar surface area (TPSA) is 70.1 Å². The lowest BCUT2D eigenvalue weighted by Crippen LogP contribution is -2.46. The number of urea groups is 1. The van der Waals surface area contributed by atoms with Crippen LogP contribution in [0.3, 0.4) is 0 Å². The highest BCUT2D eigenvalue weighted by molar-refractivity contribution is 7.15. The van der Waals surface area contributed by atoms with Gasteiger partial charge >= 0.3 is 6.03 Å². The van der Waals surface area contributed by atoms with Crippen molar-refractivity contribution in [1.29, 1.82) is 0 Å². The summed E-state index contributed by atoms with van der Waals surface area (Å²) < 4.78 is 0. The molecule has 2 rings (SSSR count). The van der Waals surface area contributed by atoms with Gasteiger partial charge in [0.25, 0.3) is 0 Å². The minimum absolute atomic E-state index is 0.200. The number of carbonyl (C=O) groups is 1. The first-order chi connectivity index (χ1) is 10.1. The number of anilines is 1. The minimum Gasteiger partial charge on any atom is -0.336 e. The zero-order valence-electron chi connectivity index (χ0n) is 13.1. The van der Waals surface area contributed by atoms with E-state index in [1.165, 1.54) is 43.4 Å². The molecule has 0 unspecified atom stereocenters. The first-order valence-electron chi connectivity index (χ1n) is 7.57. The van der Waals surface area contributed by atoms with Gasteiger partial charge in [-0.15, -0.1) is 10.2 Å². The third-order valence-corrected chi connectivity index (χ3v) is 4.83. The Morgan fingerprint density at radius 3 is 2.62 bits per heavy atom. The van der Waals surface area contributed by atoms with Crippen LogP contribution in [0.15, 0.2) is 0 Å². The number of nitrogens with one attached hydrogen (secondary N) is 2. The summed E-state index contributed by atoms with van der Waals surface area (Å²) in [5.41, 5.74) is 0. The molecule has 0 bridgehead atoms. The molecule has 1 aliphatic carbocycles. The number of aromatic nitrogens is 2. The quantitative estimate of drug-likeness (QED) is 0.876. The molecule has 1 aromatic rings. The molecule has 0 spiro atoms. The van der Waals surface area contributed by atoms with E-state index in [9.17, 15) is 4.79 Å². The van der Waals surface area contributed by atoms with Crippen molar-refractivity contribution in [2.75, 3.05) is 26.0 Å². The van der Waals surface area contributed by atoms with Crippen molar-refractivity contribution in [1.82, 2.24) is 20.4 Å². The Hall–Kier alpha value is -1.21. The summed E-state index contributed by atoms with van der Waals surface area (Å²) in [6, 6.07) is 0.195. The normalized spacial score (nSPS) is 17.7. The van der Waals surface area contributed by atoms with Crippen LogP contribution in [-0.4, -0.2) is 47.8 Å². The fraction of sp³-hybridized carbons (Fsp3) is 0.786. The standard InChI is InChI=1S/C14H25N5OS/c1-10-17-18-14(21-10)16-13(20)15-9-12(19(2)3)11-7-5-4-6-8-11/h11-12H,4-9H2,1-3H3,(H2,15,16,18,20)/t12-/m1/s1. The van der Waals surface area contributed by atoms with E-state index in [0.717, 1.165) is 5.01 Å². The minimum atomic E-state index is -0.200. The molecular weight excluding hydrogens is 286 g/mol. The fourth-order valence-electron chi connectivity index (χ4n) is 2.98. The van der Waals surface area contributed by atoms with E-state index in [1.807, 2.05) is 6.92 Å². The van der Waals surface area contributed by atoms with E-state index >= 15 is 0 Å². The molecule has 2 N–H and O–H groups in total. The van der Waals surface area contributed by atoms with Gasteiger partial charge < -0.3 is 10.2 Å². The van der Waals surface area contributed by atoms with Crippen LogP contribution in [0.5, 0.6) is 0 Å². The third-order valence-electron chi connectivity index (χ3n) is 4.08. The van der Waals surface area contributed by atoms with Crippen molar-refractivity contribution in [2.24, 2.45) is 5.92 Å². The highest BCUT2D eigenvalue weighted by Crippen LogP contribution is 2.28. The number of rotatable bonds is 5. The van der Waals surface area contributed by atoms with Gasteiger partial charge in [0.05, 0.1) is 0 Å². The first kappa shape index (κ1) is 16.2. The van der Waals surface area contributed by atoms with Crippen LogP contribution in [0.4, 0.5) is 9.93 Å². The zero-order valence-corrected chi connectivity index (χ0v) is 13.9. The molecule has 21 heavy (non-hydrogen) atoms. The Morgan fingerprint density at radius 1 is 1.33 bits per heavy atom. The number of hydrogen-bond acceptors (Lipinski definition) is 5. The molecule has 1 aromatic heterocycles. The van der Waals surface area contributed by atoms with Gasteiger partial charge in [-0.3, -0.25) is 5.32 Å². The summed E-state index contributed by atoms with van der Waals surface area (Å²) in [5, 5.41) is 14.9. The number of likely N-dealkylation sites (N-methyl/N-ethyl adjacent to an activating group) is 1. The summed E-state index contributed by atoms with van der Waals surface area (Å²) >= 11 is 1.38. The van der Waals surface area contributed by atoms with Crippen LogP contribution in [-0.2, 0) is 0 Å². The molecule has 1 heterocycles. The van der Waals surface area contributed by atoms with E-state index in [1.54, 1.807) is 0 Å². The SMILES string of the molecule is Cc1nnc(NC(=O)NC[C@H](C2CCCCC2)N(C)C)s1. The predicted molar refractivity (Wildman–Crippen MR) is 85.7 cm³/mol. The number of amides is 2. The second-order valence-corrected chi connectivity index (χ2v) is 7.07. The van der Waals surface area contributed by atoms with Crippen molar-refractivity contribution in [3.05, 3.63) is 5.01 Å². The molecule has 7 heteroatoms. The third kappa shape index (κ3) is 4.93. The van der Waals surface area contributed by atoms with Gasteiger partial charge in [0, 0.05) is 12.6 Å². The smallest absolute Gasteiger partial charge is 0.321 e. The van der Waals surface area contributed by atoms with Crippen LogP contribution in [0.1, 0.15) is 37.1 Å². The Bertz CT molecular complexity index is 456. The summed E-state index contributed by atoms with van der Waals surface area (Å²) in [5.74, 6) is 0.679. The highest BCUT2D eigenvalue weighted by atomic mass is 32.1. The lowest BCUT2D eigenvalue weighted by molar-refractivity contribution is 0.167. The molecule has 6 nitrogen and oxygen atoms in total. The van der Waals surface area contributed by atoms with Crippen LogP contribution in [0, 0.1) is 12.8 Å². The van der Waals surface area contributed by atoms with E-state index in [-0.39, 0.29) is 6.03 Å². The maximum atomic E-state index is 11.9. The summed E-state index contributed by atoms with van der Waals surface area (Å²) in [7, 11) is 4.18. The fourth-order valence-corrected chi connectivity index (χ4v) is 3.56. The second-order valence-electron chi connectivity index (χ2n) is 5.89. The molecule has 1 saturated carbocycles. The van der Waals surface area contributed by atoms with E-state index in [2.05, 4.69) is 39.8 Å². The molecule has 0 saturated heterocycles. The van der Waals surface area contributed by atoms with E-state index in [0.29, 0.717) is 23.6 Å². The largest absolute Gasteiger partial charge is 0.336 e. The number of nitrogens with zero attached hydrogens (tertiary/aromatic N) is 3. The maximum Gasteiger partial charge on any atom is 0.321 e. The van der Waals surface area contributed by atoms with Crippen LogP contribution < -0.4 is 10.6 Å². The molecular formula is C14H25N5OS. The molecule has 1 aliphatic rings. The average Bonchev–Trinajstić information content (AvgIpc) is 2.85. The van der Waals surface area contributed by atoms with Gasteiger partial charge in [0.15, 0.2) is 0 Å². The first-order valence-corrected chi connectivity index (χ1v) is 8.39. The van der Waals surface area contributed by atoms with E-state index in [4.69, 9.17) is 0 Å². The zero-order chi connectivity index (χ0) is 15.2. The summed E-state index contributed by atoms with van der Waals surface area (Å²) in [4.78, 5) is 14.2. The van der Waals surface area contributed by atoms with Crippen molar-refractivity contribution in [3.8, 4) is 0 Å². The van der Waals surface area contributed by atoms with Gasteiger partial charge in [0.2, 0.25) is 5.13 Å². The molecule has 0 aliphatic heterocycles. The summed E-state index contributed by atoms with van der Waals surface area (Å²) in [6.45, 7) is 2.53. The van der Waals surface area contributed by atoms with E-state index < -0.39 is 0 Å². The van der Waals surface area contributed by atoms with Gasteiger partial charge in [-0.05, 0) is 39.8 Å². The molecule has 1 fully saturated rings. The van der Waals surface area contributed by atoms with Crippen molar-refractivity contribution in [3.63, 3.8) is 0 Å². The second kappa shape index (κ2) is 7.70. The predicted octanol–water partition coefficient (Wildman–Crippen LogP) is 2.48. The average molecular weight is 311 g/mol. The monoisotopic (exact) mass is 311 g/mol. The van der Waals surface area contributed by atoms with Crippen molar-refractivity contribution >= 4 is 22.5 Å². The van der Waals surface area contributed by atoms with Gasteiger partial charge in [-0.2, -0.15) is 0 Å². The van der Waals surface area contributed by atoms with Gasteiger partial charge in [-0.1, -0.05) is 30.6 Å². The highest BCUT2D eigenvalue weighted by Gasteiger charge is 2.25. The lowest BCUT2D eigenvalue weighted by atomic mass is 9.83. The van der Waals surface area contributed by atoms with Crippen LogP contribution in [0.25, 0.3) is 0 Å². The molecule has 0 radical (unpaired) electrons. The summed E-state index contributed by atoms with van der Waals surface area (Å²) in [6.07, 6.45) is 6.50. The number of aryl methyl sites for hydroxylation is 1. The Kier molecular flexibility index (Phi) is 5.93. The molecule has 2 amide bonds. The Balaban J connectivity index is 1.81. The maximum absolute atomic E-state index is 11.9. The van der Waals surface area contributed by atoms with Gasteiger partial charge in [-0.25, -0.2) is 4.79 Å². The molecule has 1 atom stereocenters. The molecule has 0 aromatic carbocycles. The van der Waals surface area contributed by atoms with Crippen molar-refractivity contribution in [2.45, 2.75) is 45.1 Å². The Morgan fingerprint density at radius 2 is 2.05 bits per heavy atom. The van der Waals surface area contributed by atoms with Crippen LogP contribution in [0.2, 0.25) is 0 Å². The van der Waals surface area contributed by atoms with Crippen LogP contribution >= 0.6 is 11.3 Å². The van der Waals surface area contributed by atoms with Gasteiger partial charge in [0.1, 0.15) is 5.01 Å². The Labute approximate surface area is 130 Å². The molecule has 118 valence electrons. The number of hydrogen-bond donors (Lipinski definition) is 2. The van der Waals surface area contributed by atoms with Crippen molar-refractivity contribution < 1.29 is 4.79 Å². The number of carbonyl (C=O) groups excluding carboxylic acids is 1.